The lowest BCUT2D eigenvalue weighted by atomic mass is 9.84. The summed E-state index contributed by atoms with van der Waals surface area (Å²) < 4.78 is 0. The molecule has 1 heterocycles. The lowest BCUT2D eigenvalue weighted by Crippen LogP contribution is -2.28. The van der Waals surface area contributed by atoms with Crippen LogP contribution in [-0.4, -0.2) is 23.5 Å². The van der Waals surface area contributed by atoms with Gasteiger partial charge in [0.25, 0.3) is 0 Å². The normalized spacial score (nSPS) is 23.5. The van der Waals surface area contributed by atoms with Gasteiger partial charge in [-0.15, -0.1) is 0 Å². The maximum Gasteiger partial charge on any atom is 0.335 e. The zero-order valence-electron chi connectivity index (χ0n) is 15.4. The second-order valence-electron chi connectivity index (χ2n) is 7.48. The van der Waals surface area contributed by atoms with E-state index in [0.717, 1.165) is 29.7 Å². The van der Waals surface area contributed by atoms with Crippen LogP contribution < -0.4 is 4.90 Å². The van der Waals surface area contributed by atoms with Crippen molar-refractivity contribution < 1.29 is 14.7 Å². The predicted octanol–water partition coefficient (Wildman–Crippen LogP) is 4.37. The van der Waals surface area contributed by atoms with Gasteiger partial charge in [0.2, 0.25) is 5.91 Å². The van der Waals surface area contributed by atoms with E-state index in [1.165, 1.54) is 0 Å². The third-order valence-corrected chi connectivity index (χ3v) is 6.65. The predicted molar refractivity (Wildman–Crippen MR) is 106 cm³/mol. The zero-order chi connectivity index (χ0) is 20.0. The maximum absolute atomic E-state index is 13.1. The van der Waals surface area contributed by atoms with Crippen LogP contribution in [0.5, 0.6) is 0 Å². The molecular weight excluding hydrogens is 376 g/mol. The van der Waals surface area contributed by atoms with E-state index < -0.39 is 5.97 Å². The molecule has 0 bridgehead atoms. The summed E-state index contributed by atoms with van der Waals surface area (Å²) in [6.45, 7) is 2.35. The number of fused-ring (bicyclic) bond motifs is 1. The molecule has 6 heteroatoms. The first kappa shape index (κ1) is 18.5. The number of carboxylic acids is 1. The van der Waals surface area contributed by atoms with Crippen LogP contribution in [0.3, 0.4) is 0 Å². The van der Waals surface area contributed by atoms with Gasteiger partial charge >= 0.3 is 5.97 Å². The fourth-order valence-electron chi connectivity index (χ4n) is 4.80. The Morgan fingerprint density at radius 3 is 2.64 bits per heavy atom. The number of carboxylic acid groups (broad SMARTS) is 1. The molecular formula is C22H19ClN2O3. The van der Waals surface area contributed by atoms with E-state index in [0.29, 0.717) is 22.7 Å². The van der Waals surface area contributed by atoms with Gasteiger partial charge in [0.15, 0.2) is 0 Å². The average molecular weight is 395 g/mol. The Balaban J connectivity index is 1.69. The van der Waals surface area contributed by atoms with Crippen LogP contribution in [0.2, 0.25) is 5.02 Å². The number of hydrogen-bond acceptors (Lipinski definition) is 3. The third kappa shape index (κ3) is 2.76. The fourth-order valence-corrected chi connectivity index (χ4v) is 5.00. The number of nitriles is 1. The SMILES string of the molecule is Cc1c(N2CC3C(CCC3c3ccccc3C(=O)O)C2=O)ccc(C#N)c1Cl. The van der Waals surface area contributed by atoms with Crippen molar-refractivity contribution in [1.29, 1.82) is 5.26 Å². The van der Waals surface area contributed by atoms with Crippen LogP contribution in [0.25, 0.3) is 0 Å². The number of halogens is 1. The van der Waals surface area contributed by atoms with Crippen LogP contribution in [0.4, 0.5) is 5.69 Å². The van der Waals surface area contributed by atoms with Crippen LogP contribution in [0.1, 0.15) is 45.8 Å². The highest BCUT2D eigenvalue weighted by Crippen LogP contribution is 2.50. The Morgan fingerprint density at radius 1 is 1.21 bits per heavy atom. The molecule has 2 aliphatic rings. The van der Waals surface area contributed by atoms with Crippen molar-refractivity contribution in [3.05, 3.63) is 63.7 Å². The standard InChI is InChI=1S/C22H19ClN2O3/c1-12-19(9-6-13(10-24)20(12)23)25-11-18-15(7-8-16(18)21(25)26)14-4-2-3-5-17(14)22(27)28/h2-6,9,15-16,18H,7-8,11H2,1H3,(H,27,28). The number of amides is 1. The molecule has 2 aromatic rings. The molecule has 2 fully saturated rings. The second kappa shape index (κ2) is 6.96. The van der Waals surface area contributed by atoms with Crippen molar-refractivity contribution in [3.8, 4) is 6.07 Å². The molecule has 1 aliphatic carbocycles. The molecule has 4 rings (SSSR count). The Morgan fingerprint density at radius 2 is 1.93 bits per heavy atom. The molecule has 142 valence electrons. The first-order chi connectivity index (χ1) is 13.4. The summed E-state index contributed by atoms with van der Waals surface area (Å²) >= 11 is 6.30. The first-order valence-corrected chi connectivity index (χ1v) is 9.64. The van der Waals surface area contributed by atoms with E-state index in [2.05, 4.69) is 6.07 Å². The summed E-state index contributed by atoms with van der Waals surface area (Å²) in [6.07, 6.45) is 1.56. The summed E-state index contributed by atoms with van der Waals surface area (Å²) in [5.41, 5.74) is 2.97. The van der Waals surface area contributed by atoms with E-state index >= 15 is 0 Å². The molecule has 1 saturated carbocycles. The number of nitrogens with zero attached hydrogens (tertiary/aromatic N) is 2. The lowest BCUT2D eigenvalue weighted by molar-refractivity contribution is -0.120. The van der Waals surface area contributed by atoms with E-state index in [1.54, 1.807) is 29.2 Å². The van der Waals surface area contributed by atoms with Gasteiger partial charge in [-0.05, 0) is 60.9 Å². The molecule has 28 heavy (non-hydrogen) atoms. The van der Waals surface area contributed by atoms with Crippen LogP contribution in [-0.2, 0) is 4.79 Å². The van der Waals surface area contributed by atoms with Crippen LogP contribution >= 0.6 is 11.6 Å². The number of hydrogen-bond donors (Lipinski definition) is 1. The highest BCUT2D eigenvalue weighted by atomic mass is 35.5. The smallest absolute Gasteiger partial charge is 0.335 e. The fraction of sp³-hybridized carbons (Fsp3) is 0.318. The molecule has 1 aliphatic heterocycles. The Kier molecular flexibility index (Phi) is 4.60. The van der Waals surface area contributed by atoms with Gasteiger partial charge in [0.1, 0.15) is 6.07 Å². The van der Waals surface area contributed by atoms with Gasteiger partial charge in [-0.2, -0.15) is 5.26 Å². The van der Waals surface area contributed by atoms with Gasteiger partial charge in [-0.1, -0.05) is 29.8 Å². The minimum absolute atomic E-state index is 0.0420. The average Bonchev–Trinajstić information content (AvgIpc) is 3.24. The number of anilines is 1. The zero-order valence-corrected chi connectivity index (χ0v) is 16.1. The minimum Gasteiger partial charge on any atom is -0.478 e. The maximum atomic E-state index is 13.1. The Bertz CT molecular complexity index is 1030. The van der Waals surface area contributed by atoms with E-state index in [4.69, 9.17) is 16.9 Å². The number of rotatable bonds is 3. The lowest BCUT2D eigenvalue weighted by Gasteiger charge is -2.24. The topological polar surface area (TPSA) is 81.4 Å². The molecule has 3 atom stereocenters. The van der Waals surface area contributed by atoms with Gasteiger partial charge in [0, 0.05) is 18.2 Å². The minimum atomic E-state index is -0.935. The molecule has 2 aromatic carbocycles. The molecule has 1 saturated heterocycles. The van der Waals surface area contributed by atoms with Gasteiger partial charge in [-0.3, -0.25) is 4.79 Å². The summed E-state index contributed by atoms with van der Waals surface area (Å²) in [5, 5.41) is 19.1. The molecule has 0 radical (unpaired) electrons. The van der Waals surface area contributed by atoms with Crippen molar-refractivity contribution >= 4 is 29.2 Å². The van der Waals surface area contributed by atoms with Crippen molar-refractivity contribution in [1.82, 2.24) is 0 Å². The molecule has 3 unspecified atom stereocenters. The Hall–Kier alpha value is -2.84. The van der Waals surface area contributed by atoms with Crippen molar-refractivity contribution in [2.45, 2.75) is 25.7 Å². The second-order valence-corrected chi connectivity index (χ2v) is 7.86. The summed E-state index contributed by atoms with van der Waals surface area (Å²) in [6, 6.07) is 12.6. The number of aromatic carboxylic acids is 1. The molecule has 1 N–H and O–H groups in total. The highest BCUT2D eigenvalue weighted by molar-refractivity contribution is 6.33. The van der Waals surface area contributed by atoms with Crippen LogP contribution in [0, 0.1) is 30.1 Å². The molecule has 0 aromatic heterocycles. The van der Waals surface area contributed by atoms with Crippen molar-refractivity contribution in [3.63, 3.8) is 0 Å². The summed E-state index contributed by atoms with van der Waals surface area (Å²) in [5.74, 6) is -0.873. The van der Waals surface area contributed by atoms with Crippen molar-refractivity contribution in [2.75, 3.05) is 11.4 Å². The highest BCUT2D eigenvalue weighted by Gasteiger charge is 2.49. The van der Waals surface area contributed by atoms with E-state index in [1.807, 2.05) is 19.1 Å². The molecule has 0 spiro atoms. The van der Waals surface area contributed by atoms with Gasteiger partial charge in [0.05, 0.1) is 16.1 Å². The van der Waals surface area contributed by atoms with Crippen LogP contribution in [0.15, 0.2) is 36.4 Å². The van der Waals surface area contributed by atoms with E-state index in [-0.39, 0.29) is 23.7 Å². The molecule has 1 amide bonds. The molecule has 5 nitrogen and oxygen atoms in total. The quantitative estimate of drug-likeness (QED) is 0.837. The monoisotopic (exact) mass is 394 g/mol. The largest absolute Gasteiger partial charge is 0.478 e. The number of carbonyl (C=O) groups is 2. The summed E-state index contributed by atoms with van der Waals surface area (Å²) in [4.78, 5) is 26.5. The van der Waals surface area contributed by atoms with E-state index in [9.17, 15) is 14.7 Å². The van der Waals surface area contributed by atoms with Gasteiger partial charge < -0.3 is 10.0 Å². The van der Waals surface area contributed by atoms with Crippen molar-refractivity contribution in [2.24, 2.45) is 11.8 Å². The first-order valence-electron chi connectivity index (χ1n) is 9.26. The summed E-state index contributed by atoms with van der Waals surface area (Å²) in [7, 11) is 0. The number of carbonyl (C=O) groups excluding carboxylic acids is 1. The van der Waals surface area contributed by atoms with Gasteiger partial charge in [-0.25, -0.2) is 4.79 Å². The number of benzene rings is 2. The third-order valence-electron chi connectivity index (χ3n) is 6.16. The Labute approximate surface area is 168 Å².